The van der Waals surface area contributed by atoms with Crippen LogP contribution in [0.3, 0.4) is 0 Å². The lowest BCUT2D eigenvalue weighted by atomic mass is 10.1. The fourth-order valence-corrected chi connectivity index (χ4v) is 1.95. The summed E-state index contributed by atoms with van der Waals surface area (Å²) < 4.78 is 0. The van der Waals surface area contributed by atoms with Crippen molar-refractivity contribution in [1.29, 1.82) is 0 Å². The molecule has 0 heterocycles. The third-order valence-corrected chi connectivity index (χ3v) is 3.08. The van der Waals surface area contributed by atoms with Gasteiger partial charge in [0.05, 0.1) is 0 Å². The summed E-state index contributed by atoms with van der Waals surface area (Å²) in [6.07, 6.45) is 0.596. The molecule has 1 amide bonds. The number of nitrogens with zero attached hydrogens (tertiary/aromatic N) is 1. The van der Waals surface area contributed by atoms with Crippen LogP contribution >= 0.6 is 11.6 Å². The quantitative estimate of drug-likeness (QED) is 0.807. The lowest BCUT2D eigenvalue weighted by Gasteiger charge is -2.26. The van der Waals surface area contributed by atoms with Crippen molar-refractivity contribution in [2.75, 3.05) is 13.2 Å². The molecule has 0 fully saturated rings. The van der Waals surface area contributed by atoms with Crippen molar-refractivity contribution in [2.24, 2.45) is 0 Å². The van der Waals surface area contributed by atoms with E-state index in [9.17, 15) is 4.79 Å². The monoisotopic (exact) mass is 269 g/mol. The summed E-state index contributed by atoms with van der Waals surface area (Å²) in [5.41, 5.74) is 1.59. The number of rotatable bonds is 6. The molecule has 0 aliphatic carbocycles. The summed E-state index contributed by atoms with van der Waals surface area (Å²) in [6, 6.07) is 7.48. The van der Waals surface area contributed by atoms with Gasteiger partial charge >= 0.3 is 0 Å². The molecular formula is C14H20ClNO2. The highest BCUT2D eigenvalue weighted by Crippen LogP contribution is 2.12. The first kappa shape index (κ1) is 15.0. The van der Waals surface area contributed by atoms with Crippen molar-refractivity contribution in [1.82, 2.24) is 4.90 Å². The highest BCUT2D eigenvalue weighted by Gasteiger charge is 2.18. The van der Waals surface area contributed by atoms with Crippen LogP contribution in [0.2, 0.25) is 0 Å². The van der Waals surface area contributed by atoms with E-state index in [1.807, 2.05) is 32.0 Å². The van der Waals surface area contributed by atoms with Gasteiger partial charge in [0.1, 0.15) is 0 Å². The Balaban J connectivity index is 2.87. The SMILES string of the molecule is CC(C)N(CCCO)C(=O)c1cccc(CCl)c1. The summed E-state index contributed by atoms with van der Waals surface area (Å²) in [7, 11) is 0. The average Bonchev–Trinajstić information content (AvgIpc) is 2.38. The maximum absolute atomic E-state index is 12.4. The van der Waals surface area contributed by atoms with Crippen LogP contribution in [-0.2, 0) is 5.88 Å². The summed E-state index contributed by atoms with van der Waals surface area (Å²) >= 11 is 5.77. The Labute approximate surface area is 113 Å². The van der Waals surface area contributed by atoms with Gasteiger partial charge < -0.3 is 10.0 Å². The molecule has 0 bridgehead atoms. The number of carbonyl (C=O) groups excluding carboxylic acids is 1. The molecule has 1 aromatic rings. The van der Waals surface area contributed by atoms with Gasteiger partial charge in [0.2, 0.25) is 0 Å². The maximum Gasteiger partial charge on any atom is 0.254 e. The Morgan fingerprint density at radius 1 is 1.44 bits per heavy atom. The van der Waals surface area contributed by atoms with Gasteiger partial charge in [-0.3, -0.25) is 4.79 Å². The average molecular weight is 270 g/mol. The van der Waals surface area contributed by atoms with E-state index < -0.39 is 0 Å². The molecular weight excluding hydrogens is 250 g/mol. The first-order valence-corrected chi connectivity index (χ1v) is 6.70. The number of benzene rings is 1. The fraction of sp³-hybridized carbons (Fsp3) is 0.500. The molecule has 0 aliphatic heterocycles. The van der Waals surface area contributed by atoms with E-state index in [2.05, 4.69) is 0 Å². The van der Waals surface area contributed by atoms with Crippen LogP contribution < -0.4 is 0 Å². The molecule has 100 valence electrons. The minimum Gasteiger partial charge on any atom is -0.396 e. The van der Waals surface area contributed by atoms with Crippen molar-refractivity contribution in [3.63, 3.8) is 0 Å². The zero-order chi connectivity index (χ0) is 13.5. The van der Waals surface area contributed by atoms with Gasteiger partial charge in [-0.05, 0) is 38.0 Å². The Kier molecular flexibility index (Phi) is 6.16. The zero-order valence-corrected chi connectivity index (χ0v) is 11.7. The molecule has 3 nitrogen and oxygen atoms in total. The molecule has 1 N–H and O–H groups in total. The molecule has 18 heavy (non-hydrogen) atoms. The van der Waals surface area contributed by atoms with Crippen LogP contribution in [0.25, 0.3) is 0 Å². The molecule has 0 aromatic heterocycles. The Morgan fingerprint density at radius 3 is 2.72 bits per heavy atom. The molecule has 0 saturated carbocycles. The molecule has 0 radical (unpaired) electrons. The minimum absolute atomic E-state index is 0.00887. The summed E-state index contributed by atoms with van der Waals surface area (Å²) in [6.45, 7) is 4.61. The van der Waals surface area contributed by atoms with E-state index in [-0.39, 0.29) is 18.6 Å². The second kappa shape index (κ2) is 7.39. The zero-order valence-electron chi connectivity index (χ0n) is 10.9. The highest BCUT2D eigenvalue weighted by atomic mass is 35.5. The number of halogens is 1. The van der Waals surface area contributed by atoms with Crippen molar-refractivity contribution < 1.29 is 9.90 Å². The molecule has 0 aliphatic rings. The van der Waals surface area contributed by atoms with Crippen LogP contribution in [0.4, 0.5) is 0 Å². The third kappa shape index (κ3) is 4.00. The van der Waals surface area contributed by atoms with Gasteiger partial charge in [-0.25, -0.2) is 0 Å². The van der Waals surface area contributed by atoms with Crippen molar-refractivity contribution in [3.8, 4) is 0 Å². The number of aliphatic hydroxyl groups is 1. The van der Waals surface area contributed by atoms with Gasteiger partial charge in [-0.2, -0.15) is 0 Å². The smallest absolute Gasteiger partial charge is 0.254 e. The number of amides is 1. The van der Waals surface area contributed by atoms with Crippen LogP contribution in [0, 0.1) is 0 Å². The topological polar surface area (TPSA) is 40.5 Å². The van der Waals surface area contributed by atoms with E-state index >= 15 is 0 Å². The molecule has 4 heteroatoms. The normalized spacial score (nSPS) is 10.7. The van der Waals surface area contributed by atoms with Gasteiger partial charge in [0.25, 0.3) is 5.91 Å². The number of alkyl halides is 1. The predicted molar refractivity (Wildman–Crippen MR) is 73.9 cm³/mol. The predicted octanol–water partition coefficient (Wildman–Crippen LogP) is 2.66. The lowest BCUT2D eigenvalue weighted by Crippen LogP contribution is -2.38. The van der Waals surface area contributed by atoms with Gasteiger partial charge in [0, 0.05) is 30.6 Å². The van der Waals surface area contributed by atoms with Gasteiger partial charge in [-0.1, -0.05) is 12.1 Å². The van der Waals surface area contributed by atoms with Crippen molar-refractivity contribution >= 4 is 17.5 Å². The summed E-state index contributed by atoms with van der Waals surface area (Å²) in [5.74, 6) is 0.393. The van der Waals surface area contributed by atoms with Gasteiger partial charge in [0.15, 0.2) is 0 Å². The van der Waals surface area contributed by atoms with Crippen LogP contribution in [0.5, 0.6) is 0 Å². The third-order valence-electron chi connectivity index (χ3n) is 2.77. The van der Waals surface area contributed by atoms with E-state index in [1.165, 1.54) is 0 Å². The largest absolute Gasteiger partial charge is 0.396 e. The Hall–Kier alpha value is -1.06. The molecule has 1 aromatic carbocycles. The van der Waals surface area contributed by atoms with E-state index in [0.717, 1.165) is 5.56 Å². The second-order valence-electron chi connectivity index (χ2n) is 4.50. The second-order valence-corrected chi connectivity index (χ2v) is 4.77. The van der Waals surface area contributed by atoms with Crippen LogP contribution in [0.15, 0.2) is 24.3 Å². The lowest BCUT2D eigenvalue weighted by molar-refractivity contribution is 0.0693. The van der Waals surface area contributed by atoms with E-state index in [1.54, 1.807) is 11.0 Å². The Morgan fingerprint density at radius 2 is 2.17 bits per heavy atom. The number of hydrogen-bond acceptors (Lipinski definition) is 2. The molecule has 0 spiro atoms. The summed E-state index contributed by atoms with van der Waals surface area (Å²) in [5, 5.41) is 8.88. The number of carbonyl (C=O) groups is 1. The fourth-order valence-electron chi connectivity index (χ4n) is 1.79. The van der Waals surface area contributed by atoms with Gasteiger partial charge in [-0.15, -0.1) is 11.6 Å². The standard InChI is InChI=1S/C14H20ClNO2/c1-11(2)16(7-4-8-17)14(18)13-6-3-5-12(9-13)10-15/h3,5-6,9,11,17H,4,7-8,10H2,1-2H3. The maximum atomic E-state index is 12.4. The summed E-state index contributed by atoms with van der Waals surface area (Å²) in [4.78, 5) is 14.1. The van der Waals surface area contributed by atoms with Crippen LogP contribution in [-0.4, -0.2) is 35.1 Å². The Bertz CT molecular complexity index is 393. The van der Waals surface area contributed by atoms with Crippen molar-refractivity contribution in [3.05, 3.63) is 35.4 Å². The van der Waals surface area contributed by atoms with E-state index in [4.69, 9.17) is 16.7 Å². The van der Waals surface area contributed by atoms with Crippen LogP contribution in [0.1, 0.15) is 36.2 Å². The highest BCUT2D eigenvalue weighted by molar-refractivity contribution is 6.17. The van der Waals surface area contributed by atoms with E-state index in [0.29, 0.717) is 24.4 Å². The first-order valence-electron chi connectivity index (χ1n) is 6.17. The first-order chi connectivity index (χ1) is 8.60. The number of hydrogen-bond donors (Lipinski definition) is 1. The number of aliphatic hydroxyl groups excluding tert-OH is 1. The molecule has 1 rings (SSSR count). The molecule has 0 atom stereocenters. The minimum atomic E-state index is -0.00887. The molecule has 0 saturated heterocycles. The van der Waals surface area contributed by atoms with Crippen molar-refractivity contribution in [2.45, 2.75) is 32.2 Å². The molecule has 0 unspecified atom stereocenters.